The van der Waals surface area contributed by atoms with Crippen LogP contribution in [0.3, 0.4) is 0 Å². The third-order valence-corrected chi connectivity index (χ3v) is 6.85. The quantitative estimate of drug-likeness (QED) is 0.518. The van der Waals surface area contributed by atoms with Crippen LogP contribution in [0.25, 0.3) is 10.8 Å². The van der Waals surface area contributed by atoms with Crippen LogP contribution in [0.15, 0.2) is 35.5 Å². The van der Waals surface area contributed by atoms with Crippen molar-refractivity contribution in [3.8, 4) is 6.07 Å². The summed E-state index contributed by atoms with van der Waals surface area (Å²) in [5.41, 5.74) is 1.79. The summed E-state index contributed by atoms with van der Waals surface area (Å²) >= 11 is 2.93. The fourth-order valence-electron chi connectivity index (χ4n) is 3.35. The Kier molecular flexibility index (Phi) is 5.37. The molecule has 0 aliphatic heterocycles. The van der Waals surface area contributed by atoms with Crippen molar-refractivity contribution in [2.75, 3.05) is 11.1 Å². The third-order valence-electron chi connectivity index (χ3n) is 4.66. The predicted molar refractivity (Wildman–Crippen MR) is 109 cm³/mol. The molecule has 136 valence electrons. The standard InChI is InChI=1S/C20H18N4OS2/c21-10-16-15-8-2-1-3-9-17(15)27-19(16)23-18(25)12-26-20-14-7-5-4-6-13(14)11-22-24-20/h4-7,11H,1-3,8-9,12H2,(H,23,25). The Labute approximate surface area is 165 Å². The van der Waals surface area contributed by atoms with Gasteiger partial charge in [0.25, 0.3) is 0 Å². The summed E-state index contributed by atoms with van der Waals surface area (Å²) in [6, 6.07) is 10.2. The molecule has 4 rings (SSSR count). The molecule has 2 heterocycles. The maximum atomic E-state index is 12.5. The van der Waals surface area contributed by atoms with Crippen LogP contribution >= 0.6 is 23.1 Å². The van der Waals surface area contributed by atoms with Gasteiger partial charge < -0.3 is 5.32 Å². The van der Waals surface area contributed by atoms with E-state index in [2.05, 4.69) is 21.6 Å². The molecule has 7 heteroatoms. The van der Waals surface area contributed by atoms with E-state index >= 15 is 0 Å². The van der Waals surface area contributed by atoms with E-state index in [1.165, 1.54) is 23.1 Å². The lowest BCUT2D eigenvalue weighted by Crippen LogP contribution is -2.14. The van der Waals surface area contributed by atoms with Gasteiger partial charge in [0.2, 0.25) is 5.91 Å². The van der Waals surface area contributed by atoms with Gasteiger partial charge in [0, 0.05) is 15.6 Å². The molecule has 1 aliphatic rings. The van der Waals surface area contributed by atoms with Crippen LogP contribution in [0.4, 0.5) is 5.00 Å². The highest BCUT2D eigenvalue weighted by Crippen LogP contribution is 2.37. The van der Waals surface area contributed by atoms with Gasteiger partial charge in [-0.25, -0.2) is 0 Å². The van der Waals surface area contributed by atoms with Crippen molar-refractivity contribution < 1.29 is 4.79 Å². The molecule has 2 aromatic heterocycles. The molecule has 1 amide bonds. The van der Waals surface area contributed by atoms with Crippen molar-refractivity contribution >= 4 is 44.8 Å². The Morgan fingerprint density at radius 1 is 1.26 bits per heavy atom. The topological polar surface area (TPSA) is 78.7 Å². The number of carbonyl (C=O) groups is 1. The molecule has 0 saturated carbocycles. The first kappa shape index (κ1) is 18.0. The number of aryl methyl sites for hydroxylation is 1. The van der Waals surface area contributed by atoms with Gasteiger partial charge in [-0.3, -0.25) is 4.79 Å². The molecule has 1 aromatic carbocycles. The highest BCUT2D eigenvalue weighted by Gasteiger charge is 2.21. The van der Waals surface area contributed by atoms with E-state index in [9.17, 15) is 10.1 Å². The number of nitrogens with zero attached hydrogens (tertiary/aromatic N) is 3. The van der Waals surface area contributed by atoms with E-state index in [-0.39, 0.29) is 11.7 Å². The fourth-order valence-corrected chi connectivity index (χ4v) is 5.40. The minimum atomic E-state index is -0.123. The van der Waals surface area contributed by atoms with Crippen LogP contribution in [0, 0.1) is 11.3 Å². The molecule has 0 atom stereocenters. The van der Waals surface area contributed by atoms with Crippen LogP contribution in [0.5, 0.6) is 0 Å². The van der Waals surface area contributed by atoms with E-state index in [1.54, 1.807) is 17.5 Å². The lowest BCUT2D eigenvalue weighted by atomic mass is 10.1. The number of benzene rings is 1. The molecule has 1 N–H and O–H groups in total. The third kappa shape index (κ3) is 3.82. The number of rotatable bonds is 4. The SMILES string of the molecule is N#Cc1c(NC(=O)CSc2nncc3ccccc23)sc2c1CCCCC2. The number of thiophene rings is 1. The van der Waals surface area contributed by atoms with Crippen LogP contribution < -0.4 is 5.32 Å². The van der Waals surface area contributed by atoms with E-state index in [0.717, 1.165) is 47.0 Å². The Hall–Kier alpha value is -2.43. The highest BCUT2D eigenvalue weighted by molar-refractivity contribution is 8.00. The van der Waals surface area contributed by atoms with Gasteiger partial charge in [-0.2, -0.15) is 10.4 Å². The van der Waals surface area contributed by atoms with Crippen LogP contribution in [0.2, 0.25) is 0 Å². The summed E-state index contributed by atoms with van der Waals surface area (Å²) in [6.07, 6.45) is 7.13. The molecule has 0 spiro atoms. The molecule has 0 saturated heterocycles. The molecule has 0 bridgehead atoms. The Morgan fingerprint density at radius 2 is 2.11 bits per heavy atom. The predicted octanol–water partition coefficient (Wildman–Crippen LogP) is 4.56. The van der Waals surface area contributed by atoms with E-state index < -0.39 is 0 Å². The molecule has 27 heavy (non-hydrogen) atoms. The van der Waals surface area contributed by atoms with Gasteiger partial charge in [0.05, 0.1) is 17.5 Å². The summed E-state index contributed by atoms with van der Waals surface area (Å²) in [6.45, 7) is 0. The second-order valence-corrected chi connectivity index (χ2v) is 8.52. The zero-order valence-electron chi connectivity index (χ0n) is 14.7. The Bertz CT molecular complexity index is 1030. The summed E-state index contributed by atoms with van der Waals surface area (Å²) in [7, 11) is 0. The number of fused-ring (bicyclic) bond motifs is 2. The molecule has 5 nitrogen and oxygen atoms in total. The Morgan fingerprint density at radius 3 is 3.00 bits per heavy atom. The van der Waals surface area contributed by atoms with Gasteiger partial charge >= 0.3 is 0 Å². The monoisotopic (exact) mass is 394 g/mol. The number of carbonyl (C=O) groups excluding carboxylic acids is 1. The van der Waals surface area contributed by atoms with Crippen molar-refractivity contribution in [1.82, 2.24) is 10.2 Å². The molecule has 3 aromatic rings. The lowest BCUT2D eigenvalue weighted by molar-refractivity contribution is -0.113. The maximum absolute atomic E-state index is 12.5. The van der Waals surface area contributed by atoms with E-state index in [0.29, 0.717) is 10.6 Å². The second kappa shape index (κ2) is 8.07. The summed E-state index contributed by atoms with van der Waals surface area (Å²) in [5.74, 6) is 0.110. The van der Waals surface area contributed by atoms with Crippen molar-refractivity contribution in [2.24, 2.45) is 0 Å². The largest absolute Gasteiger partial charge is 0.316 e. The normalized spacial score (nSPS) is 13.6. The summed E-state index contributed by atoms with van der Waals surface area (Å²) < 4.78 is 0. The first-order chi connectivity index (χ1) is 13.3. The molecular formula is C20H18N4OS2. The number of thioether (sulfide) groups is 1. The number of hydrogen-bond acceptors (Lipinski definition) is 6. The molecule has 0 radical (unpaired) electrons. The van der Waals surface area contributed by atoms with Gasteiger partial charge in [-0.1, -0.05) is 42.4 Å². The van der Waals surface area contributed by atoms with E-state index in [1.807, 2.05) is 24.3 Å². The number of nitriles is 1. The minimum absolute atomic E-state index is 0.123. The average Bonchev–Trinajstić information content (AvgIpc) is 2.85. The van der Waals surface area contributed by atoms with Crippen molar-refractivity contribution in [1.29, 1.82) is 5.26 Å². The summed E-state index contributed by atoms with van der Waals surface area (Å²) in [4.78, 5) is 13.7. The van der Waals surface area contributed by atoms with Crippen molar-refractivity contribution in [2.45, 2.75) is 37.1 Å². The highest BCUT2D eigenvalue weighted by atomic mass is 32.2. The number of aromatic nitrogens is 2. The zero-order valence-corrected chi connectivity index (χ0v) is 16.3. The number of nitrogens with one attached hydrogen (secondary N) is 1. The van der Waals surface area contributed by atoms with Crippen LogP contribution in [-0.2, 0) is 17.6 Å². The number of anilines is 1. The molecule has 0 unspecified atom stereocenters. The summed E-state index contributed by atoms with van der Waals surface area (Å²) in [5, 5.41) is 24.1. The first-order valence-electron chi connectivity index (χ1n) is 8.94. The smallest absolute Gasteiger partial charge is 0.235 e. The van der Waals surface area contributed by atoms with Crippen molar-refractivity contribution in [3.63, 3.8) is 0 Å². The maximum Gasteiger partial charge on any atom is 0.235 e. The minimum Gasteiger partial charge on any atom is -0.316 e. The first-order valence-corrected chi connectivity index (χ1v) is 10.7. The molecule has 1 aliphatic carbocycles. The van der Waals surface area contributed by atoms with Gasteiger partial charge in [0.1, 0.15) is 16.1 Å². The van der Waals surface area contributed by atoms with Gasteiger partial charge in [0.15, 0.2) is 0 Å². The zero-order chi connectivity index (χ0) is 18.6. The number of amides is 1. The van der Waals surface area contributed by atoms with Crippen LogP contribution in [0.1, 0.15) is 35.3 Å². The van der Waals surface area contributed by atoms with Gasteiger partial charge in [-0.05, 0) is 31.2 Å². The van der Waals surface area contributed by atoms with Crippen molar-refractivity contribution in [3.05, 3.63) is 46.5 Å². The van der Waals surface area contributed by atoms with E-state index in [4.69, 9.17) is 0 Å². The van der Waals surface area contributed by atoms with Gasteiger partial charge in [-0.15, -0.1) is 16.4 Å². The van der Waals surface area contributed by atoms with Crippen LogP contribution in [-0.4, -0.2) is 21.9 Å². The molecule has 0 fully saturated rings. The molecular weight excluding hydrogens is 376 g/mol. The Balaban J connectivity index is 1.48. The lowest BCUT2D eigenvalue weighted by Gasteiger charge is -2.05. The number of hydrogen-bond donors (Lipinski definition) is 1. The second-order valence-electron chi connectivity index (χ2n) is 6.45. The fraction of sp³-hybridized carbons (Fsp3) is 0.300. The average molecular weight is 395 g/mol.